The first-order chi connectivity index (χ1) is 11.9. The topological polar surface area (TPSA) is 68.6 Å². The number of aromatic amines is 1. The van der Waals surface area contributed by atoms with E-state index in [-0.39, 0.29) is 5.92 Å². The van der Waals surface area contributed by atoms with Crippen molar-refractivity contribution in [2.75, 3.05) is 13.2 Å². The highest BCUT2D eigenvalue weighted by molar-refractivity contribution is 5.60. The molecule has 0 amide bonds. The number of rotatable bonds is 3. The van der Waals surface area contributed by atoms with Crippen LogP contribution in [0.2, 0.25) is 0 Å². The van der Waals surface area contributed by atoms with E-state index in [1.165, 1.54) is 17.7 Å². The molecule has 1 N–H and O–H groups in total. The van der Waals surface area contributed by atoms with E-state index in [9.17, 15) is 0 Å². The van der Waals surface area contributed by atoms with Crippen molar-refractivity contribution in [2.45, 2.75) is 31.6 Å². The molecule has 122 valence electrons. The van der Waals surface area contributed by atoms with Crippen LogP contribution in [0.4, 0.5) is 0 Å². The number of benzene rings is 1. The summed E-state index contributed by atoms with van der Waals surface area (Å²) in [5.74, 6) is 1.98. The Balaban J connectivity index is 1.66. The van der Waals surface area contributed by atoms with Crippen LogP contribution < -0.4 is 0 Å². The molecule has 0 spiro atoms. The Hall–Kier alpha value is -2.47. The van der Waals surface area contributed by atoms with Crippen molar-refractivity contribution in [3.05, 3.63) is 47.4 Å². The van der Waals surface area contributed by atoms with Crippen LogP contribution >= 0.6 is 0 Å². The van der Waals surface area contributed by atoms with Crippen LogP contribution in [0, 0.1) is 0 Å². The molecule has 5 rings (SSSR count). The Bertz CT molecular complexity index is 861. The normalized spacial score (nSPS) is 19.8. The Morgan fingerprint density at radius 2 is 2.08 bits per heavy atom. The summed E-state index contributed by atoms with van der Waals surface area (Å²) in [6.07, 6.45) is 4.30. The largest absolute Gasteiger partial charge is 0.381 e. The van der Waals surface area contributed by atoms with E-state index in [4.69, 9.17) is 14.8 Å². The predicted molar refractivity (Wildman–Crippen MR) is 89.1 cm³/mol. The molecule has 3 heterocycles. The van der Waals surface area contributed by atoms with Gasteiger partial charge < -0.3 is 4.74 Å². The van der Waals surface area contributed by atoms with Gasteiger partial charge in [0.1, 0.15) is 5.69 Å². The number of hydrogen-bond acceptors (Lipinski definition) is 4. The first kappa shape index (κ1) is 13.9. The minimum Gasteiger partial charge on any atom is -0.381 e. The first-order valence-corrected chi connectivity index (χ1v) is 8.57. The highest BCUT2D eigenvalue weighted by atomic mass is 16.5. The van der Waals surface area contributed by atoms with Crippen molar-refractivity contribution in [1.82, 2.24) is 25.0 Å². The lowest BCUT2D eigenvalue weighted by atomic mass is 10.1. The maximum absolute atomic E-state index is 5.52. The van der Waals surface area contributed by atoms with Crippen LogP contribution in [0.15, 0.2) is 30.3 Å². The molecule has 0 saturated carbocycles. The average Bonchev–Trinajstić information content (AvgIpc) is 3.37. The number of aromatic nitrogens is 5. The Labute approximate surface area is 139 Å². The first-order valence-electron chi connectivity index (χ1n) is 8.57. The second-order valence-electron chi connectivity index (χ2n) is 6.48. The fraction of sp³-hybridized carbons (Fsp3) is 0.389. The quantitative estimate of drug-likeness (QED) is 0.805. The molecule has 24 heavy (non-hydrogen) atoms. The van der Waals surface area contributed by atoms with E-state index in [1.807, 2.05) is 22.9 Å². The molecule has 1 aromatic carbocycles. The maximum atomic E-state index is 5.52. The minimum atomic E-state index is 0.278. The lowest BCUT2D eigenvalue weighted by Gasteiger charge is -2.04. The molecular weight excluding hydrogens is 302 g/mol. The number of nitrogens with one attached hydrogen (secondary N) is 1. The molecule has 0 radical (unpaired) electrons. The molecule has 6 nitrogen and oxygen atoms in total. The van der Waals surface area contributed by atoms with Crippen LogP contribution in [0.25, 0.3) is 17.2 Å². The lowest BCUT2D eigenvalue weighted by Crippen LogP contribution is -2.03. The van der Waals surface area contributed by atoms with E-state index in [2.05, 4.69) is 22.3 Å². The van der Waals surface area contributed by atoms with Crippen molar-refractivity contribution >= 4 is 0 Å². The summed E-state index contributed by atoms with van der Waals surface area (Å²) in [7, 11) is 0. The van der Waals surface area contributed by atoms with Crippen LogP contribution in [-0.4, -0.2) is 38.2 Å². The number of fused-ring (bicyclic) bond motifs is 1. The van der Waals surface area contributed by atoms with E-state index < -0.39 is 0 Å². The molecule has 0 bridgehead atoms. The highest BCUT2D eigenvalue weighted by Gasteiger charge is 2.28. The summed E-state index contributed by atoms with van der Waals surface area (Å²) in [6.45, 7) is 1.49. The zero-order valence-electron chi connectivity index (χ0n) is 13.4. The lowest BCUT2D eigenvalue weighted by molar-refractivity contribution is 0.193. The van der Waals surface area contributed by atoms with Gasteiger partial charge in [-0.15, -0.1) is 0 Å². The van der Waals surface area contributed by atoms with Gasteiger partial charge in [-0.25, -0.2) is 9.67 Å². The smallest absolute Gasteiger partial charge is 0.184 e. The van der Waals surface area contributed by atoms with Gasteiger partial charge >= 0.3 is 0 Å². The molecule has 0 unspecified atom stereocenters. The number of nitrogens with zero attached hydrogens (tertiary/aromatic N) is 4. The third-order valence-electron chi connectivity index (χ3n) is 4.94. The number of aryl methyl sites for hydroxylation is 1. The summed E-state index contributed by atoms with van der Waals surface area (Å²) in [6, 6.07) is 10.2. The van der Waals surface area contributed by atoms with Gasteiger partial charge in [-0.1, -0.05) is 18.2 Å². The molecule has 1 aliphatic heterocycles. The van der Waals surface area contributed by atoms with Crippen LogP contribution in [0.5, 0.6) is 0 Å². The van der Waals surface area contributed by atoms with Crippen LogP contribution in [0.1, 0.15) is 35.8 Å². The molecule has 2 aromatic heterocycles. The minimum absolute atomic E-state index is 0.278. The zero-order chi connectivity index (χ0) is 15.9. The molecule has 6 heteroatoms. The fourth-order valence-electron chi connectivity index (χ4n) is 3.65. The summed E-state index contributed by atoms with van der Waals surface area (Å²) >= 11 is 0. The van der Waals surface area contributed by atoms with Crippen molar-refractivity contribution < 1.29 is 4.74 Å². The van der Waals surface area contributed by atoms with E-state index in [0.717, 1.165) is 48.9 Å². The Morgan fingerprint density at radius 1 is 1.17 bits per heavy atom. The van der Waals surface area contributed by atoms with Gasteiger partial charge in [-0.05, 0) is 37.8 Å². The van der Waals surface area contributed by atoms with Gasteiger partial charge in [0.25, 0.3) is 0 Å². The summed E-state index contributed by atoms with van der Waals surface area (Å²) < 4.78 is 7.45. The third-order valence-corrected chi connectivity index (χ3v) is 4.94. The molecule has 3 aromatic rings. The van der Waals surface area contributed by atoms with Crippen molar-refractivity contribution in [3.63, 3.8) is 0 Å². The predicted octanol–water partition coefficient (Wildman–Crippen LogP) is 2.65. The maximum Gasteiger partial charge on any atom is 0.184 e. The van der Waals surface area contributed by atoms with Crippen LogP contribution in [-0.2, 0) is 17.6 Å². The monoisotopic (exact) mass is 321 g/mol. The summed E-state index contributed by atoms with van der Waals surface area (Å²) in [5, 5.41) is 12.6. The molecule has 1 saturated heterocycles. The van der Waals surface area contributed by atoms with Crippen molar-refractivity contribution in [3.8, 4) is 17.2 Å². The number of ether oxygens (including phenoxy) is 1. The number of hydrogen-bond donors (Lipinski definition) is 1. The summed E-state index contributed by atoms with van der Waals surface area (Å²) in [4.78, 5) is 4.88. The van der Waals surface area contributed by atoms with E-state index in [0.29, 0.717) is 6.61 Å². The number of H-pyrrole nitrogens is 1. The van der Waals surface area contributed by atoms with Gasteiger partial charge in [0, 0.05) is 23.8 Å². The van der Waals surface area contributed by atoms with Gasteiger partial charge in [-0.2, -0.15) is 10.2 Å². The molecular formula is C18H19N5O. The average molecular weight is 321 g/mol. The van der Waals surface area contributed by atoms with Crippen molar-refractivity contribution in [2.24, 2.45) is 0 Å². The highest BCUT2D eigenvalue weighted by Crippen LogP contribution is 2.32. The summed E-state index contributed by atoms with van der Waals surface area (Å²) in [5.41, 5.74) is 4.51. The molecule has 1 fully saturated rings. The second-order valence-corrected chi connectivity index (χ2v) is 6.48. The second kappa shape index (κ2) is 5.56. The SMILES string of the molecule is c1ccc(-n2nc([C@@H]3CCOC3)nc2-c2n[nH]c3c2CCC3)cc1. The zero-order valence-corrected chi connectivity index (χ0v) is 13.4. The standard InChI is InChI=1S/C18H19N5O/c1-2-5-13(6-3-1)23-18(16-14-7-4-8-15(14)20-21-16)19-17(22-23)12-9-10-24-11-12/h1-3,5-6,12H,4,7-11H2,(H,20,21)/t12-/m1/s1. The van der Waals surface area contributed by atoms with E-state index >= 15 is 0 Å². The third kappa shape index (κ3) is 2.17. The number of para-hydroxylation sites is 1. The molecule has 2 aliphatic rings. The van der Waals surface area contributed by atoms with Gasteiger partial charge in [0.05, 0.1) is 12.3 Å². The van der Waals surface area contributed by atoms with E-state index in [1.54, 1.807) is 0 Å². The van der Waals surface area contributed by atoms with Crippen LogP contribution in [0.3, 0.4) is 0 Å². The van der Waals surface area contributed by atoms with Crippen molar-refractivity contribution in [1.29, 1.82) is 0 Å². The van der Waals surface area contributed by atoms with Gasteiger partial charge in [0.2, 0.25) is 0 Å². The fourth-order valence-corrected chi connectivity index (χ4v) is 3.65. The Kier molecular flexibility index (Phi) is 3.23. The molecule has 1 atom stereocenters. The Morgan fingerprint density at radius 3 is 2.92 bits per heavy atom. The van der Waals surface area contributed by atoms with Gasteiger partial charge in [-0.3, -0.25) is 5.10 Å². The van der Waals surface area contributed by atoms with Gasteiger partial charge in [0.15, 0.2) is 11.6 Å². The molecule has 1 aliphatic carbocycles.